The number of para-hydroxylation sites is 1. The molecule has 1 fully saturated rings. The fraction of sp³-hybridized carbons (Fsp3) is 0.318. The van der Waals surface area contributed by atoms with Crippen LogP contribution >= 0.6 is 11.3 Å². The Bertz CT molecular complexity index is 1250. The summed E-state index contributed by atoms with van der Waals surface area (Å²) < 4.78 is 22.2. The second-order valence-electron chi connectivity index (χ2n) is 7.47. The first-order valence-electron chi connectivity index (χ1n) is 10.2. The lowest BCUT2D eigenvalue weighted by Gasteiger charge is -2.29. The van der Waals surface area contributed by atoms with Crippen LogP contribution in [0.3, 0.4) is 0 Å². The third-order valence-electron chi connectivity index (χ3n) is 5.48. The number of nitrogens with zero attached hydrogens (tertiary/aromatic N) is 5. The second-order valence-corrected chi connectivity index (χ2v) is 8.48. The van der Waals surface area contributed by atoms with Crippen molar-refractivity contribution in [3.05, 3.63) is 59.8 Å². The molecule has 0 radical (unpaired) electrons. The Morgan fingerprint density at radius 3 is 2.84 bits per heavy atom. The smallest absolute Gasteiger partial charge is 0.279 e. The lowest BCUT2D eigenvalue weighted by molar-refractivity contribution is 0.0391. The zero-order valence-corrected chi connectivity index (χ0v) is 17.9. The number of carbonyl (C=O) groups is 1. The summed E-state index contributed by atoms with van der Waals surface area (Å²) in [7, 11) is 0. The Morgan fingerprint density at radius 1 is 1.19 bits per heavy atom. The van der Waals surface area contributed by atoms with E-state index >= 15 is 0 Å². The molecule has 0 unspecified atom stereocenters. The van der Waals surface area contributed by atoms with Crippen molar-refractivity contribution in [2.24, 2.45) is 0 Å². The number of hydrogen-bond donors (Lipinski definition) is 0. The Kier molecular flexibility index (Phi) is 5.39. The number of aromatic nitrogens is 3. The van der Waals surface area contributed by atoms with Crippen molar-refractivity contribution in [1.82, 2.24) is 19.3 Å². The van der Waals surface area contributed by atoms with E-state index in [-0.39, 0.29) is 11.7 Å². The molecule has 3 aromatic heterocycles. The van der Waals surface area contributed by atoms with E-state index < -0.39 is 0 Å². The lowest BCUT2D eigenvalue weighted by atomic mass is 10.3. The summed E-state index contributed by atoms with van der Waals surface area (Å²) in [4.78, 5) is 26.7. The Labute approximate surface area is 182 Å². The number of thiazole rings is 1. The van der Waals surface area contributed by atoms with Gasteiger partial charge >= 0.3 is 0 Å². The molecule has 1 amide bonds. The van der Waals surface area contributed by atoms with Crippen molar-refractivity contribution in [2.45, 2.75) is 6.92 Å². The summed E-state index contributed by atoms with van der Waals surface area (Å²) in [5.41, 5.74) is 2.16. The van der Waals surface area contributed by atoms with E-state index in [0.29, 0.717) is 58.7 Å². The van der Waals surface area contributed by atoms with Gasteiger partial charge < -0.3 is 4.74 Å². The van der Waals surface area contributed by atoms with Crippen molar-refractivity contribution >= 4 is 38.2 Å². The minimum absolute atomic E-state index is 0.191. The lowest BCUT2D eigenvalue weighted by Crippen LogP contribution is -2.43. The van der Waals surface area contributed by atoms with Crippen LogP contribution in [-0.4, -0.2) is 64.6 Å². The molecule has 1 saturated heterocycles. The first-order valence-corrected chi connectivity index (χ1v) is 11.0. The number of imidazole rings is 1. The molecule has 0 spiro atoms. The predicted octanol–water partition coefficient (Wildman–Crippen LogP) is 3.37. The molecular formula is C22H22FN5O2S. The number of morpholine rings is 1. The molecule has 4 heterocycles. The minimum Gasteiger partial charge on any atom is -0.379 e. The molecular weight excluding hydrogens is 417 g/mol. The first-order chi connectivity index (χ1) is 15.1. The summed E-state index contributed by atoms with van der Waals surface area (Å²) in [6.07, 6.45) is 1.83. The maximum Gasteiger partial charge on any atom is 0.279 e. The molecule has 1 aliphatic rings. The van der Waals surface area contributed by atoms with Gasteiger partial charge in [-0.1, -0.05) is 23.5 Å². The molecule has 31 heavy (non-hydrogen) atoms. The molecule has 0 N–H and O–H groups in total. The van der Waals surface area contributed by atoms with Gasteiger partial charge in [0.1, 0.15) is 22.7 Å². The highest BCUT2D eigenvalue weighted by Gasteiger charge is 2.27. The highest BCUT2D eigenvalue weighted by Crippen LogP contribution is 2.31. The van der Waals surface area contributed by atoms with E-state index in [1.54, 1.807) is 15.4 Å². The molecule has 5 rings (SSSR count). The molecule has 1 aromatic carbocycles. The monoisotopic (exact) mass is 439 g/mol. The van der Waals surface area contributed by atoms with Gasteiger partial charge in [-0.2, -0.15) is 0 Å². The van der Waals surface area contributed by atoms with E-state index in [2.05, 4.69) is 14.9 Å². The number of fused-ring (bicyclic) bond motifs is 2. The van der Waals surface area contributed by atoms with Crippen LogP contribution in [0, 0.1) is 12.7 Å². The van der Waals surface area contributed by atoms with Crippen molar-refractivity contribution in [2.75, 3.05) is 44.3 Å². The molecule has 9 heteroatoms. The molecule has 0 aliphatic carbocycles. The van der Waals surface area contributed by atoms with Gasteiger partial charge in [-0.3, -0.25) is 19.0 Å². The highest BCUT2D eigenvalue weighted by atomic mass is 32.1. The normalized spacial score (nSPS) is 15.0. The van der Waals surface area contributed by atoms with Crippen molar-refractivity contribution in [1.29, 1.82) is 0 Å². The standard InChI is InChI=1S/C22H22FN5O2S/c1-15-20(27-8-3-2-7-18(27)24-15)21(29)28(10-9-26-11-13-30-14-12-26)22-25-19-16(23)5-4-6-17(19)31-22/h2-8H,9-14H2,1H3. The largest absolute Gasteiger partial charge is 0.379 e. The molecule has 1 aliphatic heterocycles. The van der Waals surface area contributed by atoms with Crippen LogP contribution in [-0.2, 0) is 4.74 Å². The predicted molar refractivity (Wildman–Crippen MR) is 118 cm³/mol. The maximum absolute atomic E-state index is 14.3. The Hall–Kier alpha value is -2.88. The van der Waals surface area contributed by atoms with E-state index in [0.717, 1.165) is 13.1 Å². The number of anilines is 1. The van der Waals surface area contributed by atoms with Crippen LogP contribution in [0.1, 0.15) is 16.2 Å². The third-order valence-corrected chi connectivity index (χ3v) is 6.53. The van der Waals surface area contributed by atoms with Crippen LogP contribution in [0.5, 0.6) is 0 Å². The van der Waals surface area contributed by atoms with Gasteiger partial charge in [0.25, 0.3) is 5.91 Å². The summed E-state index contributed by atoms with van der Waals surface area (Å²) >= 11 is 1.32. The minimum atomic E-state index is -0.383. The van der Waals surface area contributed by atoms with E-state index in [9.17, 15) is 9.18 Å². The van der Waals surface area contributed by atoms with Crippen molar-refractivity contribution < 1.29 is 13.9 Å². The second kappa shape index (κ2) is 8.33. The van der Waals surface area contributed by atoms with Gasteiger partial charge in [0.2, 0.25) is 0 Å². The van der Waals surface area contributed by atoms with Crippen LogP contribution in [0.2, 0.25) is 0 Å². The van der Waals surface area contributed by atoms with Crippen LogP contribution in [0.4, 0.5) is 9.52 Å². The fourth-order valence-corrected chi connectivity index (χ4v) is 4.87. The fourth-order valence-electron chi connectivity index (χ4n) is 3.87. The topological polar surface area (TPSA) is 63.0 Å². The number of hydrogen-bond acceptors (Lipinski definition) is 6. The number of ether oxygens (including phenoxy) is 1. The number of halogens is 1. The van der Waals surface area contributed by atoms with Crippen LogP contribution in [0.25, 0.3) is 15.9 Å². The van der Waals surface area contributed by atoms with Gasteiger partial charge in [0.05, 0.1) is 23.6 Å². The van der Waals surface area contributed by atoms with Gasteiger partial charge in [0.15, 0.2) is 5.13 Å². The van der Waals surface area contributed by atoms with Crippen LogP contribution in [0.15, 0.2) is 42.6 Å². The molecule has 0 bridgehead atoms. The van der Waals surface area contributed by atoms with E-state index in [1.165, 1.54) is 17.4 Å². The average molecular weight is 440 g/mol. The summed E-state index contributed by atoms with van der Waals surface area (Å²) in [6, 6.07) is 10.5. The number of rotatable bonds is 5. The molecule has 4 aromatic rings. The third kappa shape index (κ3) is 3.80. The average Bonchev–Trinajstić information content (AvgIpc) is 3.35. The first kappa shape index (κ1) is 20.0. The Morgan fingerprint density at radius 2 is 2.03 bits per heavy atom. The van der Waals surface area contributed by atoms with Gasteiger partial charge in [0, 0.05) is 32.4 Å². The maximum atomic E-state index is 14.3. The van der Waals surface area contributed by atoms with E-state index in [4.69, 9.17) is 4.74 Å². The zero-order valence-electron chi connectivity index (χ0n) is 17.1. The Balaban J connectivity index is 1.54. The van der Waals surface area contributed by atoms with Gasteiger partial charge in [-0.15, -0.1) is 0 Å². The summed E-state index contributed by atoms with van der Waals surface area (Å²) in [5, 5.41) is 0.489. The van der Waals surface area contributed by atoms with Gasteiger partial charge in [-0.25, -0.2) is 14.4 Å². The summed E-state index contributed by atoms with van der Waals surface area (Å²) in [5.74, 6) is -0.574. The number of amides is 1. The summed E-state index contributed by atoms with van der Waals surface area (Å²) in [6.45, 7) is 5.98. The number of benzene rings is 1. The molecule has 160 valence electrons. The van der Waals surface area contributed by atoms with E-state index in [1.807, 2.05) is 37.4 Å². The quantitative estimate of drug-likeness (QED) is 0.477. The van der Waals surface area contributed by atoms with Crippen molar-refractivity contribution in [3.63, 3.8) is 0 Å². The highest BCUT2D eigenvalue weighted by molar-refractivity contribution is 7.22. The number of carbonyl (C=O) groups excluding carboxylic acids is 1. The van der Waals surface area contributed by atoms with Crippen molar-refractivity contribution in [3.8, 4) is 0 Å². The zero-order chi connectivity index (χ0) is 21.4. The molecule has 0 saturated carbocycles. The van der Waals surface area contributed by atoms with Gasteiger partial charge in [-0.05, 0) is 31.2 Å². The number of aryl methyl sites for hydroxylation is 1. The molecule has 0 atom stereocenters. The molecule has 7 nitrogen and oxygen atoms in total. The number of pyridine rings is 1. The SMILES string of the molecule is Cc1nc2ccccn2c1C(=O)N(CCN1CCOCC1)c1nc2c(F)cccc2s1. The van der Waals surface area contributed by atoms with Crippen LogP contribution < -0.4 is 4.90 Å².